The standard InChI is InChI=1S/C21H23N3O3S/c1-22-20(26)18-12-7-4-5-10-17(12)28-21(18)23-19(25)15-11-13-14(24(15)2)8-6-9-16(13)27-3/h6,8-9,11H,4-5,7,10H2,1-3H3,(H,22,26)(H,23,25). The lowest BCUT2D eigenvalue weighted by Gasteiger charge is -2.12. The Labute approximate surface area is 167 Å². The van der Waals surface area contributed by atoms with E-state index in [1.807, 2.05) is 35.9 Å². The molecular formula is C21H23N3O3S. The summed E-state index contributed by atoms with van der Waals surface area (Å²) >= 11 is 1.52. The first-order valence-corrected chi connectivity index (χ1v) is 10.2. The number of carbonyl (C=O) groups is 2. The summed E-state index contributed by atoms with van der Waals surface area (Å²) < 4.78 is 7.27. The summed E-state index contributed by atoms with van der Waals surface area (Å²) in [6.45, 7) is 0. The molecule has 1 aliphatic rings. The molecule has 2 aromatic heterocycles. The first kappa shape index (κ1) is 18.6. The number of methoxy groups -OCH3 is 1. The van der Waals surface area contributed by atoms with Gasteiger partial charge >= 0.3 is 0 Å². The van der Waals surface area contributed by atoms with E-state index in [2.05, 4.69) is 10.6 Å². The zero-order chi connectivity index (χ0) is 19.8. The summed E-state index contributed by atoms with van der Waals surface area (Å²) in [6, 6.07) is 7.56. The molecule has 4 rings (SSSR count). The van der Waals surface area contributed by atoms with Gasteiger partial charge in [0.1, 0.15) is 16.4 Å². The number of ether oxygens (including phenoxy) is 1. The maximum absolute atomic E-state index is 13.1. The lowest BCUT2D eigenvalue weighted by Crippen LogP contribution is -2.22. The molecule has 0 saturated heterocycles. The van der Waals surface area contributed by atoms with Crippen LogP contribution in [-0.4, -0.2) is 30.5 Å². The van der Waals surface area contributed by atoms with E-state index in [4.69, 9.17) is 4.74 Å². The quantitative estimate of drug-likeness (QED) is 0.704. The fourth-order valence-electron chi connectivity index (χ4n) is 3.92. The van der Waals surface area contributed by atoms with Crippen molar-refractivity contribution in [2.75, 3.05) is 19.5 Å². The number of aromatic nitrogens is 1. The fourth-order valence-corrected chi connectivity index (χ4v) is 5.20. The Morgan fingerprint density at radius 1 is 1.18 bits per heavy atom. The van der Waals surface area contributed by atoms with Gasteiger partial charge in [0.2, 0.25) is 0 Å². The predicted octanol–water partition coefficient (Wildman–Crippen LogP) is 3.74. The summed E-state index contributed by atoms with van der Waals surface area (Å²) in [5.74, 6) is 0.350. The summed E-state index contributed by atoms with van der Waals surface area (Å²) in [6.07, 6.45) is 4.04. The van der Waals surface area contributed by atoms with Crippen LogP contribution in [0.3, 0.4) is 0 Å². The maximum Gasteiger partial charge on any atom is 0.272 e. The number of nitrogens with one attached hydrogen (secondary N) is 2. The van der Waals surface area contributed by atoms with Crippen molar-refractivity contribution >= 4 is 39.1 Å². The lowest BCUT2D eigenvalue weighted by molar-refractivity contribution is 0.0963. The number of aryl methyl sites for hydroxylation is 2. The average Bonchev–Trinajstić information content (AvgIpc) is 3.25. The number of hydrogen-bond donors (Lipinski definition) is 2. The second-order valence-corrected chi connectivity index (χ2v) is 8.04. The van der Waals surface area contributed by atoms with Crippen molar-refractivity contribution in [1.82, 2.24) is 9.88 Å². The molecule has 2 amide bonds. The van der Waals surface area contributed by atoms with Crippen LogP contribution in [0.4, 0.5) is 5.00 Å². The third-order valence-electron chi connectivity index (χ3n) is 5.35. The average molecular weight is 398 g/mol. The summed E-state index contributed by atoms with van der Waals surface area (Å²) in [7, 11) is 5.10. The van der Waals surface area contributed by atoms with E-state index in [0.29, 0.717) is 16.3 Å². The molecule has 0 unspecified atom stereocenters. The largest absolute Gasteiger partial charge is 0.496 e. The van der Waals surface area contributed by atoms with Crippen LogP contribution in [0.1, 0.15) is 44.1 Å². The Morgan fingerprint density at radius 3 is 2.71 bits per heavy atom. The van der Waals surface area contributed by atoms with Crippen LogP contribution >= 0.6 is 11.3 Å². The van der Waals surface area contributed by atoms with Gasteiger partial charge in [-0.05, 0) is 49.4 Å². The molecule has 1 aliphatic carbocycles. The Kier molecular flexibility index (Phi) is 4.85. The molecule has 0 fully saturated rings. The van der Waals surface area contributed by atoms with Crippen LogP contribution in [0.25, 0.3) is 10.9 Å². The molecule has 3 aromatic rings. The number of carbonyl (C=O) groups excluding carboxylic acids is 2. The van der Waals surface area contributed by atoms with Crippen molar-refractivity contribution in [2.24, 2.45) is 7.05 Å². The van der Waals surface area contributed by atoms with Gasteiger partial charge in [0.05, 0.1) is 18.2 Å². The van der Waals surface area contributed by atoms with Gasteiger partial charge in [0.25, 0.3) is 11.8 Å². The molecule has 0 radical (unpaired) electrons. The molecular weight excluding hydrogens is 374 g/mol. The third-order valence-corrected chi connectivity index (χ3v) is 6.56. The van der Waals surface area contributed by atoms with Gasteiger partial charge in [-0.25, -0.2) is 0 Å². The molecule has 7 heteroatoms. The third kappa shape index (κ3) is 2.96. The minimum absolute atomic E-state index is 0.145. The van der Waals surface area contributed by atoms with Crippen LogP contribution in [0, 0.1) is 0 Å². The summed E-state index contributed by atoms with van der Waals surface area (Å²) in [5.41, 5.74) is 3.15. The highest BCUT2D eigenvalue weighted by Gasteiger charge is 2.26. The van der Waals surface area contributed by atoms with Crippen LogP contribution in [-0.2, 0) is 19.9 Å². The normalized spacial score (nSPS) is 13.2. The fraction of sp³-hybridized carbons (Fsp3) is 0.333. The molecule has 0 aliphatic heterocycles. The van der Waals surface area contributed by atoms with E-state index >= 15 is 0 Å². The van der Waals surface area contributed by atoms with Gasteiger partial charge in [0.15, 0.2) is 0 Å². The molecule has 1 aromatic carbocycles. The van der Waals surface area contributed by atoms with Crippen molar-refractivity contribution in [2.45, 2.75) is 25.7 Å². The van der Waals surface area contributed by atoms with E-state index in [-0.39, 0.29) is 11.8 Å². The van der Waals surface area contributed by atoms with Crippen LogP contribution in [0.2, 0.25) is 0 Å². The molecule has 28 heavy (non-hydrogen) atoms. The molecule has 0 spiro atoms. The highest BCUT2D eigenvalue weighted by Crippen LogP contribution is 2.38. The van der Waals surface area contributed by atoms with Gasteiger partial charge in [-0.3, -0.25) is 9.59 Å². The lowest BCUT2D eigenvalue weighted by atomic mass is 9.95. The maximum atomic E-state index is 13.1. The highest BCUT2D eigenvalue weighted by atomic mass is 32.1. The Hall–Kier alpha value is -2.80. The number of hydrogen-bond acceptors (Lipinski definition) is 4. The van der Waals surface area contributed by atoms with E-state index in [9.17, 15) is 9.59 Å². The van der Waals surface area contributed by atoms with Crippen LogP contribution in [0.15, 0.2) is 24.3 Å². The van der Waals surface area contributed by atoms with E-state index in [0.717, 1.165) is 47.9 Å². The number of benzene rings is 1. The first-order chi connectivity index (χ1) is 13.5. The predicted molar refractivity (Wildman–Crippen MR) is 112 cm³/mol. The zero-order valence-electron chi connectivity index (χ0n) is 16.2. The number of rotatable bonds is 4. The second kappa shape index (κ2) is 7.31. The van der Waals surface area contributed by atoms with Crippen molar-refractivity contribution in [3.05, 3.63) is 46.0 Å². The second-order valence-electron chi connectivity index (χ2n) is 6.93. The zero-order valence-corrected chi connectivity index (χ0v) is 17.0. The Bertz CT molecular complexity index is 1080. The molecule has 6 nitrogen and oxygen atoms in total. The SMILES string of the molecule is CNC(=O)c1c(NC(=O)c2cc3c(OC)cccc3n2C)sc2c1CCCC2. The molecule has 146 valence electrons. The van der Waals surface area contributed by atoms with E-state index < -0.39 is 0 Å². The van der Waals surface area contributed by atoms with Crippen LogP contribution in [0.5, 0.6) is 5.75 Å². The van der Waals surface area contributed by atoms with Gasteiger partial charge in [0, 0.05) is 24.4 Å². The van der Waals surface area contributed by atoms with E-state index in [1.165, 1.54) is 16.2 Å². The Morgan fingerprint density at radius 2 is 1.96 bits per heavy atom. The summed E-state index contributed by atoms with van der Waals surface area (Å²) in [5, 5.41) is 7.23. The van der Waals surface area contributed by atoms with Crippen molar-refractivity contribution in [3.63, 3.8) is 0 Å². The van der Waals surface area contributed by atoms with Gasteiger partial charge in [-0.2, -0.15) is 0 Å². The van der Waals surface area contributed by atoms with Gasteiger partial charge < -0.3 is 19.9 Å². The number of thiophene rings is 1. The molecule has 0 atom stereocenters. The number of nitrogens with zero attached hydrogens (tertiary/aromatic N) is 1. The molecule has 2 heterocycles. The van der Waals surface area contributed by atoms with Crippen molar-refractivity contribution in [3.8, 4) is 5.75 Å². The smallest absolute Gasteiger partial charge is 0.272 e. The topological polar surface area (TPSA) is 72.4 Å². The Balaban J connectivity index is 1.73. The minimum Gasteiger partial charge on any atom is -0.496 e. The highest BCUT2D eigenvalue weighted by molar-refractivity contribution is 7.17. The number of amides is 2. The van der Waals surface area contributed by atoms with E-state index in [1.54, 1.807) is 14.2 Å². The van der Waals surface area contributed by atoms with Crippen molar-refractivity contribution in [1.29, 1.82) is 0 Å². The summed E-state index contributed by atoms with van der Waals surface area (Å²) in [4.78, 5) is 26.8. The molecule has 0 bridgehead atoms. The van der Waals surface area contributed by atoms with Crippen LogP contribution < -0.4 is 15.4 Å². The monoisotopic (exact) mass is 397 g/mol. The van der Waals surface area contributed by atoms with Crippen molar-refractivity contribution < 1.29 is 14.3 Å². The van der Waals surface area contributed by atoms with Gasteiger partial charge in [-0.15, -0.1) is 11.3 Å². The minimum atomic E-state index is -0.232. The molecule has 2 N–H and O–H groups in total. The number of fused-ring (bicyclic) bond motifs is 2. The first-order valence-electron chi connectivity index (χ1n) is 9.35. The molecule has 0 saturated carbocycles. The number of anilines is 1. The van der Waals surface area contributed by atoms with Gasteiger partial charge in [-0.1, -0.05) is 6.07 Å².